The summed E-state index contributed by atoms with van der Waals surface area (Å²) in [6, 6.07) is 0. The molecule has 4 unspecified atom stereocenters. The van der Waals surface area contributed by atoms with Crippen molar-refractivity contribution in [3.63, 3.8) is 0 Å². The highest BCUT2D eigenvalue weighted by molar-refractivity contribution is 5.06. The van der Waals surface area contributed by atoms with Crippen LogP contribution in [0.5, 0.6) is 0 Å². The third-order valence-electron chi connectivity index (χ3n) is 5.86. The van der Waals surface area contributed by atoms with Crippen LogP contribution >= 0.6 is 0 Å². The zero-order chi connectivity index (χ0) is 12.6. The Labute approximate surface area is 112 Å². The largest absolute Gasteiger partial charge is 0.329 e. The molecule has 3 aliphatic rings. The Morgan fingerprint density at radius 3 is 2.83 bits per heavy atom. The van der Waals surface area contributed by atoms with Gasteiger partial charge < -0.3 is 10.6 Å². The van der Waals surface area contributed by atoms with Crippen LogP contribution in [0.1, 0.15) is 39.0 Å². The van der Waals surface area contributed by atoms with Gasteiger partial charge in [-0.3, -0.25) is 4.90 Å². The van der Waals surface area contributed by atoms with E-state index in [1.807, 2.05) is 0 Å². The first kappa shape index (κ1) is 12.9. The van der Waals surface area contributed by atoms with Crippen molar-refractivity contribution in [3.8, 4) is 0 Å². The average Bonchev–Trinajstić information content (AvgIpc) is 3.00. The van der Waals surface area contributed by atoms with Gasteiger partial charge in [0, 0.05) is 25.2 Å². The molecule has 3 heterocycles. The quantitative estimate of drug-likeness (QED) is 0.822. The van der Waals surface area contributed by atoms with E-state index in [0.29, 0.717) is 5.54 Å². The van der Waals surface area contributed by atoms with Crippen molar-refractivity contribution in [1.29, 1.82) is 0 Å². The minimum atomic E-state index is 0.357. The lowest BCUT2D eigenvalue weighted by atomic mass is 9.77. The Hall–Kier alpha value is -0.120. The molecule has 0 aromatic heterocycles. The first-order valence-corrected chi connectivity index (χ1v) is 7.96. The van der Waals surface area contributed by atoms with E-state index in [1.165, 1.54) is 64.8 Å². The molecule has 2 bridgehead atoms. The van der Waals surface area contributed by atoms with E-state index >= 15 is 0 Å². The van der Waals surface area contributed by atoms with Crippen LogP contribution in [0, 0.1) is 11.8 Å². The van der Waals surface area contributed by atoms with E-state index in [-0.39, 0.29) is 0 Å². The SMILES string of the molecule is CCCC1CCN(C2(CN)CCN3CCC2C3)C1. The molecular formula is C15H29N3. The fraction of sp³-hybridized carbons (Fsp3) is 1.00. The normalized spacial score (nSPS) is 44.7. The smallest absolute Gasteiger partial charge is 0.0384 e. The Balaban J connectivity index is 1.72. The topological polar surface area (TPSA) is 32.5 Å². The molecule has 3 saturated heterocycles. The summed E-state index contributed by atoms with van der Waals surface area (Å²) in [5.41, 5.74) is 6.62. The van der Waals surface area contributed by atoms with E-state index < -0.39 is 0 Å². The van der Waals surface area contributed by atoms with Gasteiger partial charge >= 0.3 is 0 Å². The molecule has 18 heavy (non-hydrogen) atoms. The second-order valence-corrected chi connectivity index (χ2v) is 6.73. The zero-order valence-electron chi connectivity index (χ0n) is 11.9. The maximum absolute atomic E-state index is 6.26. The molecule has 3 rings (SSSR count). The van der Waals surface area contributed by atoms with Crippen molar-refractivity contribution in [3.05, 3.63) is 0 Å². The second-order valence-electron chi connectivity index (χ2n) is 6.73. The minimum absolute atomic E-state index is 0.357. The summed E-state index contributed by atoms with van der Waals surface area (Å²) in [7, 11) is 0. The standard InChI is InChI=1S/C15H29N3/c1-2-3-13-4-8-18(10-13)15(12-16)6-9-17-7-5-14(15)11-17/h13-14H,2-12,16H2,1H3. The van der Waals surface area contributed by atoms with Crippen molar-refractivity contribution in [1.82, 2.24) is 9.80 Å². The highest BCUT2D eigenvalue weighted by atomic mass is 15.3. The number of likely N-dealkylation sites (tertiary alicyclic amines) is 1. The number of fused-ring (bicyclic) bond motifs is 2. The summed E-state index contributed by atoms with van der Waals surface area (Å²) in [5, 5.41) is 0. The number of hydrogen-bond donors (Lipinski definition) is 1. The molecule has 104 valence electrons. The summed E-state index contributed by atoms with van der Waals surface area (Å²) in [6.45, 7) is 9.73. The number of hydrogen-bond acceptors (Lipinski definition) is 3. The van der Waals surface area contributed by atoms with Crippen LogP contribution < -0.4 is 5.73 Å². The van der Waals surface area contributed by atoms with Gasteiger partial charge in [-0.1, -0.05) is 13.3 Å². The monoisotopic (exact) mass is 251 g/mol. The van der Waals surface area contributed by atoms with Gasteiger partial charge in [0.05, 0.1) is 0 Å². The predicted octanol–water partition coefficient (Wildman–Crippen LogP) is 1.53. The zero-order valence-corrected chi connectivity index (χ0v) is 11.9. The lowest BCUT2D eigenvalue weighted by molar-refractivity contribution is 0.0220. The van der Waals surface area contributed by atoms with Crippen molar-refractivity contribution in [2.24, 2.45) is 17.6 Å². The highest BCUT2D eigenvalue weighted by Crippen LogP contribution is 2.42. The molecule has 3 heteroatoms. The van der Waals surface area contributed by atoms with Crippen molar-refractivity contribution in [2.45, 2.75) is 44.6 Å². The summed E-state index contributed by atoms with van der Waals surface area (Å²) in [4.78, 5) is 5.43. The maximum atomic E-state index is 6.26. The number of nitrogens with two attached hydrogens (primary N) is 1. The lowest BCUT2D eigenvalue weighted by Gasteiger charge is -2.49. The van der Waals surface area contributed by atoms with Gasteiger partial charge in [0.1, 0.15) is 0 Å². The predicted molar refractivity (Wildman–Crippen MR) is 75.5 cm³/mol. The molecular weight excluding hydrogens is 222 g/mol. The second kappa shape index (κ2) is 5.10. The van der Waals surface area contributed by atoms with Gasteiger partial charge in [-0.2, -0.15) is 0 Å². The molecule has 0 aliphatic carbocycles. The fourth-order valence-electron chi connectivity index (χ4n) is 4.73. The Morgan fingerprint density at radius 1 is 1.17 bits per heavy atom. The molecule has 3 nitrogen and oxygen atoms in total. The summed E-state index contributed by atoms with van der Waals surface area (Å²) < 4.78 is 0. The summed E-state index contributed by atoms with van der Waals surface area (Å²) >= 11 is 0. The van der Waals surface area contributed by atoms with E-state index in [9.17, 15) is 0 Å². The van der Waals surface area contributed by atoms with Crippen LogP contribution in [0.3, 0.4) is 0 Å². The summed E-state index contributed by atoms with van der Waals surface area (Å²) in [5.74, 6) is 1.79. The van der Waals surface area contributed by atoms with Crippen LogP contribution in [0.2, 0.25) is 0 Å². The fourth-order valence-corrected chi connectivity index (χ4v) is 4.73. The number of rotatable bonds is 4. The van der Waals surface area contributed by atoms with Gasteiger partial charge in [-0.25, -0.2) is 0 Å². The Morgan fingerprint density at radius 2 is 2.06 bits per heavy atom. The van der Waals surface area contributed by atoms with Crippen molar-refractivity contribution >= 4 is 0 Å². The van der Waals surface area contributed by atoms with Gasteiger partial charge in [-0.05, 0) is 57.2 Å². The van der Waals surface area contributed by atoms with Gasteiger partial charge in [0.2, 0.25) is 0 Å². The lowest BCUT2D eigenvalue weighted by Crippen LogP contribution is -2.61. The molecule has 4 atom stereocenters. The molecule has 3 fully saturated rings. The van der Waals surface area contributed by atoms with Gasteiger partial charge in [-0.15, -0.1) is 0 Å². The van der Waals surface area contributed by atoms with Crippen molar-refractivity contribution < 1.29 is 0 Å². The van der Waals surface area contributed by atoms with Crippen LogP contribution in [0.4, 0.5) is 0 Å². The summed E-state index contributed by atoms with van der Waals surface area (Å²) in [6.07, 6.45) is 6.85. The van der Waals surface area contributed by atoms with Gasteiger partial charge in [0.25, 0.3) is 0 Å². The molecule has 0 aromatic rings. The minimum Gasteiger partial charge on any atom is -0.329 e. The van der Waals surface area contributed by atoms with Crippen LogP contribution in [0.15, 0.2) is 0 Å². The van der Waals surface area contributed by atoms with Crippen LogP contribution in [-0.4, -0.2) is 54.6 Å². The Bertz CT molecular complexity index is 293. The molecule has 0 amide bonds. The first-order valence-electron chi connectivity index (χ1n) is 7.96. The maximum Gasteiger partial charge on any atom is 0.0384 e. The molecule has 0 spiro atoms. The van der Waals surface area contributed by atoms with Crippen LogP contribution in [0.25, 0.3) is 0 Å². The molecule has 0 saturated carbocycles. The third kappa shape index (κ3) is 2.00. The molecule has 0 aromatic carbocycles. The van der Waals surface area contributed by atoms with Crippen LogP contribution in [-0.2, 0) is 0 Å². The first-order chi connectivity index (χ1) is 8.78. The number of nitrogens with zero attached hydrogens (tertiary/aromatic N) is 2. The molecule has 2 N–H and O–H groups in total. The van der Waals surface area contributed by atoms with E-state index in [0.717, 1.165) is 18.4 Å². The van der Waals surface area contributed by atoms with Crippen molar-refractivity contribution in [2.75, 3.05) is 39.3 Å². The van der Waals surface area contributed by atoms with E-state index in [1.54, 1.807) is 0 Å². The average molecular weight is 251 g/mol. The highest BCUT2D eigenvalue weighted by Gasteiger charge is 2.50. The van der Waals surface area contributed by atoms with E-state index in [4.69, 9.17) is 5.73 Å². The molecule has 0 radical (unpaired) electrons. The van der Waals surface area contributed by atoms with E-state index in [2.05, 4.69) is 16.7 Å². The third-order valence-corrected chi connectivity index (χ3v) is 5.86. The molecule has 3 aliphatic heterocycles. The number of piperidine rings is 1. The Kier molecular flexibility index (Phi) is 3.65. The van der Waals surface area contributed by atoms with Gasteiger partial charge in [0.15, 0.2) is 0 Å².